The number of para-hydroxylation sites is 1. The molecule has 0 saturated carbocycles. The van der Waals surface area contributed by atoms with E-state index in [0.717, 1.165) is 28.6 Å². The second-order valence-corrected chi connectivity index (χ2v) is 4.77. The fraction of sp³-hybridized carbons (Fsp3) is 0.333. The number of aromatic amines is 1. The molecule has 20 heavy (non-hydrogen) atoms. The minimum absolute atomic E-state index is 0.131. The van der Waals surface area contributed by atoms with Crippen molar-refractivity contribution in [1.29, 1.82) is 0 Å². The van der Waals surface area contributed by atoms with Gasteiger partial charge in [-0.2, -0.15) is 0 Å². The van der Waals surface area contributed by atoms with Crippen LogP contribution in [0.1, 0.15) is 37.6 Å². The lowest BCUT2D eigenvalue weighted by molar-refractivity contribution is -0.137. The lowest BCUT2D eigenvalue weighted by Crippen LogP contribution is -2.28. The molecule has 0 radical (unpaired) electrons. The molecule has 1 atom stereocenters. The number of hydrogen-bond donors (Lipinski definition) is 3. The van der Waals surface area contributed by atoms with Crippen LogP contribution >= 0.6 is 0 Å². The zero-order chi connectivity index (χ0) is 14.7. The molecule has 5 heteroatoms. The minimum atomic E-state index is -0.934. The molecule has 106 valence electrons. The standard InChI is InChI=1S/C15H18N2O3/c1-3-11-15(10-6-4-5-7-12(10)17-11)13(8-14(19)20)16-9(2)18/h4-7,13,17H,3,8H2,1-2H3,(H,16,18)(H,19,20)/t13-/m1/s1. The fourth-order valence-corrected chi connectivity index (χ4v) is 2.54. The number of amides is 1. The lowest BCUT2D eigenvalue weighted by atomic mass is 9.99. The topological polar surface area (TPSA) is 82.2 Å². The van der Waals surface area contributed by atoms with Crippen molar-refractivity contribution in [2.75, 3.05) is 0 Å². The summed E-state index contributed by atoms with van der Waals surface area (Å²) >= 11 is 0. The normalized spacial score (nSPS) is 12.3. The fourth-order valence-electron chi connectivity index (χ4n) is 2.54. The van der Waals surface area contributed by atoms with Crippen LogP contribution in [0.5, 0.6) is 0 Å². The Morgan fingerprint density at radius 2 is 2.05 bits per heavy atom. The third-order valence-corrected chi connectivity index (χ3v) is 3.29. The zero-order valence-electron chi connectivity index (χ0n) is 11.6. The third-order valence-electron chi connectivity index (χ3n) is 3.29. The van der Waals surface area contributed by atoms with Crippen LogP contribution in [0.2, 0.25) is 0 Å². The second-order valence-electron chi connectivity index (χ2n) is 4.77. The summed E-state index contributed by atoms with van der Waals surface area (Å²) in [6.45, 7) is 3.40. The molecular formula is C15H18N2O3. The number of rotatable bonds is 5. The van der Waals surface area contributed by atoms with Gasteiger partial charge in [0.25, 0.3) is 0 Å². The van der Waals surface area contributed by atoms with E-state index in [1.807, 2.05) is 31.2 Å². The maximum absolute atomic E-state index is 11.4. The van der Waals surface area contributed by atoms with Gasteiger partial charge in [-0.05, 0) is 12.5 Å². The predicted octanol–water partition coefficient (Wildman–Crippen LogP) is 2.38. The highest BCUT2D eigenvalue weighted by molar-refractivity contribution is 5.87. The molecule has 2 aromatic rings. The molecule has 1 aromatic carbocycles. The number of H-pyrrole nitrogens is 1. The zero-order valence-corrected chi connectivity index (χ0v) is 11.6. The van der Waals surface area contributed by atoms with Gasteiger partial charge in [0.05, 0.1) is 12.5 Å². The molecule has 0 saturated heterocycles. The van der Waals surface area contributed by atoms with Gasteiger partial charge in [0.1, 0.15) is 0 Å². The van der Waals surface area contributed by atoms with Crippen LogP contribution < -0.4 is 5.32 Å². The molecule has 1 aromatic heterocycles. The van der Waals surface area contributed by atoms with E-state index in [4.69, 9.17) is 5.11 Å². The summed E-state index contributed by atoms with van der Waals surface area (Å²) in [5, 5.41) is 12.8. The highest BCUT2D eigenvalue weighted by atomic mass is 16.4. The van der Waals surface area contributed by atoms with Crippen LogP contribution in [0.3, 0.4) is 0 Å². The molecule has 0 bridgehead atoms. The molecule has 0 aliphatic carbocycles. The van der Waals surface area contributed by atoms with E-state index in [2.05, 4.69) is 10.3 Å². The summed E-state index contributed by atoms with van der Waals surface area (Å²) in [4.78, 5) is 25.7. The summed E-state index contributed by atoms with van der Waals surface area (Å²) < 4.78 is 0. The Morgan fingerprint density at radius 1 is 1.35 bits per heavy atom. The van der Waals surface area contributed by atoms with E-state index in [9.17, 15) is 9.59 Å². The second kappa shape index (κ2) is 5.77. The van der Waals surface area contributed by atoms with Crippen LogP contribution in [0, 0.1) is 0 Å². The van der Waals surface area contributed by atoms with Gasteiger partial charge in [-0.25, -0.2) is 0 Å². The Hall–Kier alpha value is -2.30. The van der Waals surface area contributed by atoms with Crippen LogP contribution in [0.15, 0.2) is 24.3 Å². The number of carbonyl (C=O) groups excluding carboxylic acids is 1. The number of fused-ring (bicyclic) bond motifs is 1. The first-order valence-corrected chi connectivity index (χ1v) is 6.61. The van der Waals surface area contributed by atoms with Gasteiger partial charge in [0, 0.05) is 29.1 Å². The predicted molar refractivity (Wildman–Crippen MR) is 76.5 cm³/mol. The molecule has 0 aliphatic rings. The van der Waals surface area contributed by atoms with E-state index >= 15 is 0 Å². The molecule has 0 aliphatic heterocycles. The molecule has 3 N–H and O–H groups in total. The Balaban J connectivity index is 2.55. The van der Waals surface area contributed by atoms with Gasteiger partial charge in [0.15, 0.2) is 0 Å². The van der Waals surface area contributed by atoms with Crippen molar-refractivity contribution in [3.8, 4) is 0 Å². The minimum Gasteiger partial charge on any atom is -0.481 e. The first kappa shape index (κ1) is 14.1. The number of aliphatic carboxylic acids is 1. The lowest BCUT2D eigenvalue weighted by Gasteiger charge is -2.17. The quantitative estimate of drug-likeness (QED) is 0.783. The highest BCUT2D eigenvalue weighted by Gasteiger charge is 2.23. The van der Waals surface area contributed by atoms with Crippen molar-refractivity contribution in [3.05, 3.63) is 35.5 Å². The Bertz CT molecular complexity index is 630. The molecule has 5 nitrogen and oxygen atoms in total. The Labute approximate surface area is 117 Å². The average molecular weight is 274 g/mol. The number of nitrogens with one attached hydrogen (secondary N) is 2. The monoisotopic (exact) mass is 274 g/mol. The third kappa shape index (κ3) is 2.82. The number of aryl methyl sites for hydroxylation is 1. The van der Waals surface area contributed by atoms with Gasteiger partial charge in [0.2, 0.25) is 5.91 Å². The van der Waals surface area contributed by atoms with Crippen LogP contribution in [0.4, 0.5) is 0 Å². The summed E-state index contributed by atoms with van der Waals surface area (Å²) in [6, 6.07) is 7.20. The molecule has 0 unspecified atom stereocenters. The first-order valence-electron chi connectivity index (χ1n) is 6.61. The highest BCUT2D eigenvalue weighted by Crippen LogP contribution is 2.30. The van der Waals surface area contributed by atoms with Crippen molar-refractivity contribution < 1.29 is 14.7 Å². The molecule has 1 amide bonds. The van der Waals surface area contributed by atoms with Crippen molar-refractivity contribution in [1.82, 2.24) is 10.3 Å². The number of hydrogen-bond acceptors (Lipinski definition) is 2. The number of benzene rings is 1. The SMILES string of the molecule is CCc1[nH]c2ccccc2c1[C@@H](CC(=O)O)NC(C)=O. The summed E-state index contributed by atoms with van der Waals surface area (Å²) in [5.74, 6) is -1.17. The van der Waals surface area contributed by atoms with Gasteiger partial charge in [-0.3, -0.25) is 9.59 Å². The van der Waals surface area contributed by atoms with Crippen LogP contribution in [-0.4, -0.2) is 22.0 Å². The van der Waals surface area contributed by atoms with E-state index < -0.39 is 12.0 Å². The maximum atomic E-state index is 11.4. The van der Waals surface area contributed by atoms with Crippen molar-refractivity contribution >= 4 is 22.8 Å². The average Bonchev–Trinajstić information content (AvgIpc) is 2.75. The van der Waals surface area contributed by atoms with E-state index in [0.29, 0.717) is 0 Å². The molecule has 0 fully saturated rings. The molecular weight excluding hydrogens is 256 g/mol. The van der Waals surface area contributed by atoms with E-state index in [1.54, 1.807) is 0 Å². The van der Waals surface area contributed by atoms with Crippen LogP contribution in [0.25, 0.3) is 10.9 Å². The number of carboxylic acid groups (broad SMARTS) is 1. The number of carbonyl (C=O) groups is 2. The summed E-state index contributed by atoms with van der Waals surface area (Å²) in [7, 11) is 0. The maximum Gasteiger partial charge on any atom is 0.305 e. The van der Waals surface area contributed by atoms with Crippen LogP contribution in [-0.2, 0) is 16.0 Å². The van der Waals surface area contributed by atoms with Crippen molar-refractivity contribution in [2.45, 2.75) is 32.7 Å². The molecule has 0 spiro atoms. The van der Waals surface area contributed by atoms with Gasteiger partial charge >= 0.3 is 5.97 Å². The van der Waals surface area contributed by atoms with Gasteiger partial charge in [-0.1, -0.05) is 25.1 Å². The van der Waals surface area contributed by atoms with Gasteiger partial charge < -0.3 is 15.4 Å². The van der Waals surface area contributed by atoms with E-state index in [-0.39, 0.29) is 12.3 Å². The van der Waals surface area contributed by atoms with Crippen molar-refractivity contribution in [3.63, 3.8) is 0 Å². The van der Waals surface area contributed by atoms with E-state index in [1.165, 1.54) is 6.92 Å². The van der Waals surface area contributed by atoms with Crippen molar-refractivity contribution in [2.24, 2.45) is 0 Å². The number of carboxylic acids is 1. The molecule has 1 heterocycles. The Morgan fingerprint density at radius 3 is 2.65 bits per heavy atom. The van der Waals surface area contributed by atoms with Gasteiger partial charge in [-0.15, -0.1) is 0 Å². The largest absolute Gasteiger partial charge is 0.481 e. The number of aromatic nitrogens is 1. The Kier molecular flexibility index (Phi) is 4.08. The molecule has 2 rings (SSSR count). The first-order chi connectivity index (χ1) is 9.52. The smallest absolute Gasteiger partial charge is 0.305 e. The summed E-state index contributed by atoms with van der Waals surface area (Å²) in [5.41, 5.74) is 2.80. The summed E-state index contributed by atoms with van der Waals surface area (Å²) in [6.07, 6.45) is 0.619.